The lowest BCUT2D eigenvalue weighted by Crippen LogP contribution is -2.17. The van der Waals surface area contributed by atoms with Crippen LogP contribution in [-0.2, 0) is 6.54 Å². The lowest BCUT2D eigenvalue weighted by atomic mass is 10.3. The molecular formula is C13H12BrN3O3. The summed E-state index contributed by atoms with van der Waals surface area (Å²) in [6.45, 7) is 2.57. The molecule has 2 heterocycles. The van der Waals surface area contributed by atoms with Gasteiger partial charge < -0.3 is 15.0 Å². The van der Waals surface area contributed by atoms with Gasteiger partial charge in [0.2, 0.25) is 0 Å². The Balaban J connectivity index is 2.23. The maximum atomic E-state index is 12.1. The number of anilines is 1. The van der Waals surface area contributed by atoms with Gasteiger partial charge in [0.25, 0.3) is 5.91 Å². The Kier molecular flexibility index (Phi) is 4.19. The molecule has 0 aliphatic rings. The molecule has 1 amide bonds. The number of hydrogen-bond donors (Lipinski definition) is 2. The van der Waals surface area contributed by atoms with Crippen LogP contribution in [0.3, 0.4) is 0 Å². The summed E-state index contributed by atoms with van der Waals surface area (Å²) in [5.41, 5.74) is 0.358. The number of halogens is 1. The molecule has 2 rings (SSSR count). The molecule has 0 aromatic carbocycles. The van der Waals surface area contributed by atoms with Gasteiger partial charge in [-0.15, -0.1) is 0 Å². The van der Waals surface area contributed by atoms with Gasteiger partial charge in [0.15, 0.2) is 5.69 Å². The maximum Gasteiger partial charge on any atom is 0.354 e. The van der Waals surface area contributed by atoms with Gasteiger partial charge in [-0.25, -0.2) is 9.78 Å². The SMILES string of the molecule is CCn1cc(Br)cc1C(=O)Nc1cccc(C(=O)O)n1. The molecule has 2 N–H and O–H groups in total. The molecule has 2 aromatic heterocycles. The molecule has 0 bridgehead atoms. The highest BCUT2D eigenvalue weighted by Gasteiger charge is 2.14. The fourth-order valence-electron chi connectivity index (χ4n) is 1.73. The largest absolute Gasteiger partial charge is 0.477 e. The molecule has 0 aliphatic heterocycles. The summed E-state index contributed by atoms with van der Waals surface area (Å²) in [6.07, 6.45) is 1.80. The third-order valence-corrected chi connectivity index (χ3v) is 3.08. The normalized spacial score (nSPS) is 10.3. The van der Waals surface area contributed by atoms with E-state index in [0.717, 1.165) is 4.47 Å². The van der Waals surface area contributed by atoms with Crippen LogP contribution in [0.25, 0.3) is 0 Å². The fourth-order valence-corrected chi connectivity index (χ4v) is 2.19. The van der Waals surface area contributed by atoms with Crippen molar-refractivity contribution in [1.29, 1.82) is 0 Å². The molecule has 2 aromatic rings. The van der Waals surface area contributed by atoms with Gasteiger partial charge in [0.05, 0.1) is 0 Å². The van der Waals surface area contributed by atoms with Gasteiger partial charge in [-0.05, 0) is 41.1 Å². The van der Waals surface area contributed by atoms with Crippen molar-refractivity contribution in [1.82, 2.24) is 9.55 Å². The third kappa shape index (κ3) is 3.05. The van der Waals surface area contributed by atoms with E-state index in [2.05, 4.69) is 26.2 Å². The molecule has 7 heteroatoms. The number of aromatic nitrogens is 2. The number of nitrogens with zero attached hydrogens (tertiary/aromatic N) is 2. The van der Waals surface area contributed by atoms with Crippen LogP contribution < -0.4 is 5.32 Å². The van der Waals surface area contributed by atoms with Crippen molar-refractivity contribution < 1.29 is 14.7 Å². The zero-order valence-electron chi connectivity index (χ0n) is 10.6. The Morgan fingerprint density at radius 1 is 1.45 bits per heavy atom. The second-order valence-electron chi connectivity index (χ2n) is 4.00. The van der Waals surface area contributed by atoms with E-state index >= 15 is 0 Å². The van der Waals surface area contributed by atoms with Crippen molar-refractivity contribution >= 4 is 33.6 Å². The molecule has 0 spiro atoms. The second kappa shape index (κ2) is 5.87. The number of carbonyl (C=O) groups excluding carboxylic acids is 1. The van der Waals surface area contributed by atoms with Crippen LogP contribution in [0.15, 0.2) is 34.9 Å². The van der Waals surface area contributed by atoms with E-state index in [1.165, 1.54) is 12.1 Å². The Labute approximate surface area is 123 Å². The van der Waals surface area contributed by atoms with Crippen molar-refractivity contribution in [3.63, 3.8) is 0 Å². The van der Waals surface area contributed by atoms with Gasteiger partial charge >= 0.3 is 5.97 Å². The number of carboxylic acid groups (broad SMARTS) is 1. The number of carbonyl (C=O) groups is 2. The van der Waals surface area contributed by atoms with E-state index in [4.69, 9.17) is 5.11 Å². The molecule has 0 aliphatic carbocycles. The molecule has 0 saturated carbocycles. The molecule has 0 saturated heterocycles. The first-order chi connectivity index (χ1) is 9.51. The number of amides is 1. The number of carboxylic acids is 1. The highest BCUT2D eigenvalue weighted by Crippen LogP contribution is 2.16. The first-order valence-corrected chi connectivity index (χ1v) is 6.68. The van der Waals surface area contributed by atoms with E-state index in [1.54, 1.807) is 22.9 Å². The van der Waals surface area contributed by atoms with Gasteiger partial charge in [-0.3, -0.25) is 4.79 Å². The Morgan fingerprint density at radius 3 is 2.85 bits per heavy atom. The number of rotatable bonds is 4. The molecule has 0 unspecified atom stereocenters. The summed E-state index contributed by atoms with van der Waals surface area (Å²) in [5, 5.41) is 11.4. The number of pyridine rings is 1. The van der Waals surface area contributed by atoms with Crippen LogP contribution in [0.2, 0.25) is 0 Å². The first-order valence-electron chi connectivity index (χ1n) is 5.88. The molecule has 20 heavy (non-hydrogen) atoms. The predicted octanol–water partition coefficient (Wildman–Crippen LogP) is 2.62. The van der Waals surface area contributed by atoms with Crippen LogP contribution in [0, 0.1) is 0 Å². The molecule has 6 nitrogen and oxygen atoms in total. The lowest BCUT2D eigenvalue weighted by Gasteiger charge is -2.07. The Hall–Kier alpha value is -2.15. The van der Waals surface area contributed by atoms with Gasteiger partial charge in [-0.2, -0.15) is 0 Å². The van der Waals surface area contributed by atoms with Crippen LogP contribution in [0.5, 0.6) is 0 Å². The minimum Gasteiger partial charge on any atom is -0.477 e. The van der Waals surface area contributed by atoms with Gasteiger partial charge in [-0.1, -0.05) is 6.07 Å². The van der Waals surface area contributed by atoms with Crippen molar-refractivity contribution in [3.8, 4) is 0 Å². The highest BCUT2D eigenvalue weighted by atomic mass is 79.9. The molecule has 104 valence electrons. The van der Waals surface area contributed by atoms with Crippen molar-refractivity contribution in [2.75, 3.05) is 5.32 Å². The fraction of sp³-hybridized carbons (Fsp3) is 0.154. The minimum absolute atomic E-state index is 0.116. The lowest BCUT2D eigenvalue weighted by molar-refractivity contribution is 0.0690. The summed E-state index contributed by atoms with van der Waals surface area (Å²) in [6, 6.07) is 6.13. The van der Waals surface area contributed by atoms with Crippen LogP contribution in [-0.4, -0.2) is 26.5 Å². The van der Waals surface area contributed by atoms with E-state index in [9.17, 15) is 9.59 Å². The van der Waals surface area contributed by atoms with Crippen molar-refractivity contribution in [3.05, 3.63) is 46.3 Å². The van der Waals surface area contributed by atoms with E-state index in [-0.39, 0.29) is 17.4 Å². The smallest absolute Gasteiger partial charge is 0.354 e. The molecule has 0 radical (unpaired) electrons. The second-order valence-corrected chi connectivity index (χ2v) is 4.91. The average Bonchev–Trinajstić information content (AvgIpc) is 2.80. The quantitative estimate of drug-likeness (QED) is 0.898. The number of hydrogen-bond acceptors (Lipinski definition) is 3. The van der Waals surface area contributed by atoms with Crippen LogP contribution in [0.1, 0.15) is 27.9 Å². The summed E-state index contributed by atoms with van der Waals surface area (Å²) in [7, 11) is 0. The molecule has 0 fully saturated rings. The third-order valence-electron chi connectivity index (χ3n) is 2.65. The molecular weight excluding hydrogens is 326 g/mol. The molecule has 0 atom stereocenters. The number of aromatic carboxylic acids is 1. The maximum absolute atomic E-state index is 12.1. The van der Waals surface area contributed by atoms with Crippen molar-refractivity contribution in [2.24, 2.45) is 0 Å². The number of nitrogens with one attached hydrogen (secondary N) is 1. The zero-order chi connectivity index (χ0) is 14.7. The summed E-state index contributed by atoms with van der Waals surface area (Å²) in [4.78, 5) is 26.8. The van der Waals surface area contributed by atoms with Gasteiger partial charge in [0.1, 0.15) is 11.5 Å². The Bertz CT molecular complexity index is 667. The van der Waals surface area contributed by atoms with E-state index < -0.39 is 5.97 Å². The summed E-state index contributed by atoms with van der Waals surface area (Å²) >= 11 is 3.31. The highest BCUT2D eigenvalue weighted by molar-refractivity contribution is 9.10. The Morgan fingerprint density at radius 2 is 2.20 bits per heavy atom. The van der Waals surface area contributed by atoms with E-state index in [0.29, 0.717) is 12.2 Å². The summed E-state index contributed by atoms with van der Waals surface area (Å²) < 4.78 is 2.58. The van der Waals surface area contributed by atoms with Crippen LogP contribution >= 0.6 is 15.9 Å². The average molecular weight is 338 g/mol. The van der Waals surface area contributed by atoms with Crippen molar-refractivity contribution in [2.45, 2.75) is 13.5 Å². The minimum atomic E-state index is -1.14. The van der Waals surface area contributed by atoms with Crippen LogP contribution in [0.4, 0.5) is 5.82 Å². The zero-order valence-corrected chi connectivity index (χ0v) is 12.2. The predicted molar refractivity (Wildman–Crippen MR) is 77.0 cm³/mol. The summed E-state index contributed by atoms with van der Waals surface area (Å²) in [5.74, 6) is -1.27. The monoisotopic (exact) mass is 337 g/mol. The van der Waals surface area contributed by atoms with Gasteiger partial charge in [0, 0.05) is 17.2 Å². The van der Waals surface area contributed by atoms with E-state index in [1.807, 2.05) is 6.92 Å². The first kappa shape index (κ1) is 14.3. The standard InChI is InChI=1S/C13H12BrN3O3/c1-2-17-7-8(14)6-10(17)12(18)16-11-5-3-4-9(15-11)13(19)20/h3-7H,2H2,1H3,(H,19,20)(H,15,16,18). The number of aryl methyl sites for hydroxylation is 1. The topological polar surface area (TPSA) is 84.2 Å².